The molecular formula is C16H15N3O2S. The standard InChI is InChI=1S/C16H15N3O2S/c1-2-3-10-21-16(20)14-13(17-8-9-18-14)15-19-11-6-4-5-7-12(11)22-15/h4-9H,2-3,10H2,1H3. The summed E-state index contributed by atoms with van der Waals surface area (Å²) in [6.45, 7) is 2.44. The van der Waals surface area contributed by atoms with Crippen LogP contribution < -0.4 is 0 Å². The summed E-state index contributed by atoms with van der Waals surface area (Å²) in [5, 5.41) is 0.678. The first-order valence-electron chi connectivity index (χ1n) is 7.13. The van der Waals surface area contributed by atoms with Crippen molar-refractivity contribution in [2.24, 2.45) is 0 Å². The van der Waals surface area contributed by atoms with Crippen molar-refractivity contribution in [3.05, 3.63) is 42.4 Å². The Morgan fingerprint density at radius 2 is 2.05 bits per heavy atom. The monoisotopic (exact) mass is 313 g/mol. The average Bonchev–Trinajstić information content (AvgIpc) is 2.99. The summed E-state index contributed by atoms with van der Waals surface area (Å²) in [7, 11) is 0. The minimum Gasteiger partial charge on any atom is -0.461 e. The molecule has 1 aromatic carbocycles. The van der Waals surface area contributed by atoms with Crippen molar-refractivity contribution in [1.29, 1.82) is 0 Å². The van der Waals surface area contributed by atoms with Crippen molar-refractivity contribution in [3.63, 3.8) is 0 Å². The first kappa shape index (κ1) is 14.6. The van der Waals surface area contributed by atoms with Crippen molar-refractivity contribution < 1.29 is 9.53 Å². The number of unbranched alkanes of at least 4 members (excludes halogenated alkanes) is 1. The van der Waals surface area contributed by atoms with Crippen molar-refractivity contribution in [1.82, 2.24) is 15.0 Å². The zero-order valence-corrected chi connectivity index (χ0v) is 13.0. The first-order valence-corrected chi connectivity index (χ1v) is 7.95. The third kappa shape index (κ3) is 2.96. The SMILES string of the molecule is CCCCOC(=O)c1nccnc1-c1nc2ccccc2s1. The Morgan fingerprint density at radius 3 is 2.86 bits per heavy atom. The fraction of sp³-hybridized carbons (Fsp3) is 0.250. The van der Waals surface area contributed by atoms with Crippen LogP contribution in [0.3, 0.4) is 0 Å². The molecule has 0 amide bonds. The van der Waals surface area contributed by atoms with Gasteiger partial charge in [0.2, 0.25) is 0 Å². The highest BCUT2D eigenvalue weighted by atomic mass is 32.1. The van der Waals surface area contributed by atoms with Crippen LogP contribution >= 0.6 is 11.3 Å². The molecule has 0 radical (unpaired) electrons. The van der Waals surface area contributed by atoms with E-state index in [0.29, 0.717) is 17.3 Å². The minimum absolute atomic E-state index is 0.220. The van der Waals surface area contributed by atoms with Crippen LogP contribution in [0.1, 0.15) is 30.3 Å². The number of hydrogen-bond acceptors (Lipinski definition) is 6. The van der Waals surface area contributed by atoms with Gasteiger partial charge in [0.1, 0.15) is 10.7 Å². The number of hydrogen-bond donors (Lipinski definition) is 0. The number of benzene rings is 1. The van der Waals surface area contributed by atoms with E-state index < -0.39 is 5.97 Å². The number of fused-ring (bicyclic) bond motifs is 1. The number of carbonyl (C=O) groups is 1. The Kier molecular flexibility index (Phi) is 4.39. The van der Waals surface area contributed by atoms with E-state index >= 15 is 0 Å². The van der Waals surface area contributed by atoms with Crippen molar-refractivity contribution in [2.75, 3.05) is 6.61 Å². The molecule has 2 heterocycles. The van der Waals surface area contributed by atoms with E-state index in [-0.39, 0.29) is 5.69 Å². The third-order valence-electron chi connectivity index (χ3n) is 3.12. The molecule has 0 spiro atoms. The molecule has 3 aromatic rings. The summed E-state index contributed by atoms with van der Waals surface area (Å²) < 4.78 is 6.29. The average molecular weight is 313 g/mol. The molecule has 0 fully saturated rings. The van der Waals surface area contributed by atoms with Crippen LogP contribution in [0.2, 0.25) is 0 Å². The maximum atomic E-state index is 12.2. The van der Waals surface area contributed by atoms with Crippen LogP contribution in [0.5, 0.6) is 0 Å². The van der Waals surface area contributed by atoms with Crippen LogP contribution in [0.25, 0.3) is 20.9 Å². The molecule has 0 aliphatic heterocycles. The summed E-state index contributed by atoms with van der Waals surface area (Å²) in [6, 6.07) is 7.82. The normalized spacial score (nSPS) is 10.8. The molecule has 0 atom stereocenters. The summed E-state index contributed by atoms with van der Waals surface area (Å²) in [5.74, 6) is -0.448. The predicted octanol–water partition coefficient (Wildman–Crippen LogP) is 3.71. The van der Waals surface area contributed by atoms with Gasteiger partial charge in [-0.2, -0.15) is 0 Å². The third-order valence-corrected chi connectivity index (χ3v) is 4.16. The van der Waals surface area contributed by atoms with Crippen LogP contribution in [-0.2, 0) is 4.74 Å². The molecule has 0 bridgehead atoms. The zero-order valence-electron chi connectivity index (χ0n) is 12.2. The smallest absolute Gasteiger partial charge is 0.359 e. The Morgan fingerprint density at radius 1 is 1.23 bits per heavy atom. The van der Waals surface area contributed by atoms with Crippen LogP contribution in [0, 0.1) is 0 Å². The zero-order chi connectivity index (χ0) is 15.4. The van der Waals surface area contributed by atoms with Gasteiger partial charge in [0.15, 0.2) is 5.69 Å². The van der Waals surface area contributed by atoms with E-state index in [1.807, 2.05) is 31.2 Å². The van der Waals surface area contributed by atoms with Gasteiger partial charge in [0, 0.05) is 12.4 Å². The quantitative estimate of drug-likeness (QED) is 0.530. The van der Waals surface area contributed by atoms with E-state index in [9.17, 15) is 4.79 Å². The number of rotatable bonds is 5. The molecule has 0 saturated heterocycles. The maximum absolute atomic E-state index is 12.2. The number of aromatic nitrogens is 3. The molecule has 0 saturated carbocycles. The second-order valence-electron chi connectivity index (χ2n) is 4.73. The van der Waals surface area contributed by atoms with Gasteiger partial charge in [-0.25, -0.2) is 19.7 Å². The molecule has 0 unspecified atom stereocenters. The van der Waals surface area contributed by atoms with Gasteiger partial charge in [0.05, 0.1) is 16.8 Å². The van der Waals surface area contributed by atoms with E-state index in [1.165, 1.54) is 17.5 Å². The maximum Gasteiger partial charge on any atom is 0.359 e. The molecule has 6 heteroatoms. The van der Waals surface area contributed by atoms with E-state index in [4.69, 9.17) is 4.74 Å². The van der Waals surface area contributed by atoms with Gasteiger partial charge in [-0.1, -0.05) is 25.5 Å². The molecule has 22 heavy (non-hydrogen) atoms. The highest BCUT2D eigenvalue weighted by molar-refractivity contribution is 7.21. The largest absolute Gasteiger partial charge is 0.461 e. The van der Waals surface area contributed by atoms with Gasteiger partial charge >= 0.3 is 5.97 Å². The fourth-order valence-corrected chi connectivity index (χ4v) is 2.96. The Bertz CT molecular complexity index is 768. The van der Waals surface area contributed by atoms with E-state index in [0.717, 1.165) is 23.1 Å². The Hall–Kier alpha value is -2.34. The van der Waals surface area contributed by atoms with Gasteiger partial charge in [0.25, 0.3) is 0 Å². The van der Waals surface area contributed by atoms with E-state index in [2.05, 4.69) is 15.0 Å². The lowest BCUT2D eigenvalue weighted by atomic mass is 10.3. The Balaban J connectivity index is 1.95. The van der Waals surface area contributed by atoms with Crippen LogP contribution in [0.15, 0.2) is 36.7 Å². The lowest BCUT2D eigenvalue weighted by Gasteiger charge is -2.05. The second-order valence-corrected chi connectivity index (χ2v) is 5.76. The van der Waals surface area contributed by atoms with Crippen molar-refractivity contribution >= 4 is 27.5 Å². The molecule has 0 aliphatic carbocycles. The molecule has 112 valence electrons. The second kappa shape index (κ2) is 6.62. The molecule has 0 N–H and O–H groups in total. The molecule has 0 aliphatic rings. The number of ether oxygens (including phenoxy) is 1. The van der Waals surface area contributed by atoms with Gasteiger partial charge in [-0.15, -0.1) is 11.3 Å². The summed E-state index contributed by atoms with van der Waals surface area (Å²) in [5.41, 5.74) is 1.58. The highest BCUT2D eigenvalue weighted by Crippen LogP contribution is 2.30. The lowest BCUT2D eigenvalue weighted by Crippen LogP contribution is -2.11. The molecular weight excluding hydrogens is 298 g/mol. The number of esters is 1. The fourth-order valence-electron chi connectivity index (χ4n) is 1.99. The van der Waals surface area contributed by atoms with Gasteiger partial charge in [-0.05, 0) is 18.6 Å². The van der Waals surface area contributed by atoms with Gasteiger partial charge < -0.3 is 4.74 Å². The predicted molar refractivity (Wildman–Crippen MR) is 85.8 cm³/mol. The van der Waals surface area contributed by atoms with E-state index in [1.54, 1.807) is 6.20 Å². The molecule has 5 nitrogen and oxygen atoms in total. The molecule has 2 aromatic heterocycles. The highest BCUT2D eigenvalue weighted by Gasteiger charge is 2.19. The summed E-state index contributed by atoms with van der Waals surface area (Å²) >= 11 is 1.49. The van der Waals surface area contributed by atoms with Gasteiger partial charge in [-0.3, -0.25) is 0 Å². The number of carbonyl (C=O) groups excluding carboxylic acids is 1. The molecule has 3 rings (SSSR count). The summed E-state index contributed by atoms with van der Waals surface area (Å²) in [6.07, 6.45) is 4.86. The topological polar surface area (TPSA) is 65.0 Å². The van der Waals surface area contributed by atoms with Crippen LogP contribution in [-0.4, -0.2) is 27.5 Å². The van der Waals surface area contributed by atoms with Crippen molar-refractivity contribution in [2.45, 2.75) is 19.8 Å². The minimum atomic E-state index is -0.448. The summed E-state index contributed by atoms with van der Waals surface area (Å²) in [4.78, 5) is 25.1. The number of para-hydroxylation sites is 1. The van der Waals surface area contributed by atoms with Crippen molar-refractivity contribution in [3.8, 4) is 10.7 Å². The Labute approximate surface area is 132 Å². The van der Waals surface area contributed by atoms with Crippen LogP contribution in [0.4, 0.5) is 0 Å². The first-order chi connectivity index (χ1) is 10.8. The number of nitrogens with zero attached hydrogens (tertiary/aromatic N) is 3. The lowest BCUT2D eigenvalue weighted by molar-refractivity contribution is 0.0493. The number of thiazole rings is 1.